The summed E-state index contributed by atoms with van der Waals surface area (Å²) in [6.45, 7) is 0. The molecule has 0 bridgehead atoms. The average molecular weight is 365 g/mol. The van der Waals surface area contributed by atoms with E-state index in [-0.39, 0.29) is 11.7 Å². The molecule has 0 radical (unpaired) electrons. The van der Waals surface area contributed by atoms with Crippen LogP contribution < -0.4 is 5.32 Å². The number of carbonyl (C=O) groups excluding carboxylic acids is 1. The largest absolute Gasteiger partial charge is 0.353 e. The van der Waals surface area contributed by atoms with Crippen molar-refractivity contribution in [1.29, 1.82) is 0 Å². The minimum Gasteiger partial charge on any atom is -0.353 e. The number of hydrogen-bond acceptors (Lipinski definition) is 4. The molecule has 0 saturated heterocycles. The SMILES string of the molecule is O=C(Cc1csc(SCc2ccc(F)cc2)n1)NC1CCCCC1. The Bertz CT molecular complexity index is 666. The summed E-state index contributed by atoms with van der Waals surface area (Å²) in [5.74, 6) is 0.605. The molecule has 0 aliphatic heterocycles. The van der Waals surface area contributed by atoms with E-state index in [1.807, 2.05) is 5.38 Å². The first-order chi connectivity index (χ1) is 11.7. The van der Waals surface area contributed by atoms with E-state index < -0.39 is 0 Å². The van der Waals surface area contributed by atoms with Crippen molar-refractivity contribution < 1.29 is 9.18 Å². The average Bonchev–Trinajstić information content (AvgIpc) is 3.02. The summed E-state index contributed by atoms with van der Waals surface area (Å²) >= 11 is 3.17. The van der Waals surface area contributed by atoms with Gasteiger partial charge in [0.15, 0.2) is 0 Å². The van der Waals surface area contributed by atoms with Crippen molar-refractivity contribution in [3.63, 3.8) is 0 Å². The number of aromatic nitrogens is 1. The topological polar surface area (TPSA) is 42.0 Å². The molecule has 24 heavy (non-hydrogen) atoms. The van der Waals surface area contributed by atoms with Crippen molar-refractivity contribution in [3.8, 4) is 0 Å². The number of nitrogens with zero attached hydrogens (tertiary/aromatic N) is 1. The Balaban J connectivity index is 1.46. The second-order valence-electron chi connectivity index (χ2n) is 6.10. The molecule has 6 heteroatoms. The Labute approximate surface area is 150 Å². The van der Waals surface area contributed by atoms with Crippen molar-refractivity contribution in [2.45, 2.75) is 54.7 Å². The molecular weight excluding hydrogens is 343 g/mol. The van der Waals surface area contributed by atoms with Gasteiger partial charge in [-0.2, -0.15) is 0 Å². The molecule has 0 atom stereocenters. The molecule has 1 aromatic carbocycles. The molecule has 1 saturated carbocycles. The van der Waals surface area contributed by atoms with Crippen molar-refractivity contribution in [3.05, 3.63) is 46.7 Å². The number of thioether (sulfide) groups is 1. The van der Waals surface area contributed by atoms with E-state index in [2.05, 4.69) is 10.3 Å². The van der Waals surface area contributed by atoms with Crippen LogP contribution >= 0.6 is 23.1 Å². The van der Waals surface area contributed by atoms with Crippen LogP contribution in [-0.4, -0.2) is 16.9 Å². The molecule has 0 spiro atoms. The van der Waals surface area contributed by atoms with Crippen LogP contribution in [0.5, 0.6) is 0 Å². The van der Waals surface area contributed by atoms with Crippen LogP contribution in [0.4, 0.5) is 4.39 Å². The monoisotopic (exact) mass is 364 g/mol. The Morgan fingerprint density at radius 1 is 1.25 bits per heavy atom. The van der Waals surface area contributed by atoms with Gasteiger partial charge in [-0.1, -0.05) is 43.2 Å². The summed E-state index contributed by atoms with van der Waals surface area (Å²) < 4.78 is 13.8. The lowest BCUT2D eigenvalue weighted by molar-refractivity contribution is -0.121. The summed E-state index contributed by atoms with van der Waals surface area (Å²) in [5.41, 5.74) is 1.89. The predicted octanol–water partition coefficient (Wildman–Crippen LogP) is 4.57. The van der Waals surface area contributed by atoms with Gasteiger partial charge >= 0.3 is 0 Å². The first-order valence-electron chi connectivity index (χ1n) is 8.30. The third-order valence-electron chi connectivity index (χ3n) is 4.12. The Kier molecular flexibility index (Phi) is 6.26. The highest BCUT2D eigenvalue weighted by atomic mass is 32.2. The molecule has 0 unspecified atom stereocenters. The van der Waals surface area contributed by atoms with Gasteiger partial charge in [-0.25, -0.2) is 9.37 Å². The van der Waals surface area contributed by atoms with Gasteiger partial charge < -0.3 is 5.32 Å². The molecule has 1 fully saturated rings. The molecule has 1 amide bonds. The van der Waals surface area contributed by atoms with Crippen LogP contribution in [0.15, 0.2) is 34.0 Å². The minimum atomic E-state index is -0.218. The van der Waals surface area contributed by atoms with E-state index >= 15 is 0 Å². The van der Waals surface area contributed by atoms with Crippen LogP contribution in [-0.2, 0) is 17.0 Å². The van der Waals surface area contributed by atoms with Crippen LogP contribution in [0.1, 0.15) is 43.4 Å². The third kappa shape index (κ3) is 5.31. The molecule has 1 N–H and O–H groups in total. The molecule has 1 aromatic heterocycles. The van der Waals surface area contributed by atoms with Gasteiger partial charge in [-0.15, -0.1) is 11.3 Å². The fourth-order valence-corrected chi connectivity index (χ4v) is 4.65. The minimum absolute atomic E-state index is 0.0716. The van der Waals surface area contributed by atoms with Crippen molar-refractivity contribution >= 4 is 29.0 Å². The van der Waals surface area contributed by atoms with Gasteiger partial charge in [0.05, 0.1) is 12.1 Å². The van der Waals surface area contributed by atoms with E-state index in [1.54, 1.807) is 35.2 Å². The fraction of sp³-hybridized carbons (Fsp3) is 0.444. The number of thiazole rings is 1. The molecule has 1 heterocycles. The Morgan fingerprint density at radius 3 is 2.75 bits per heavy atom. The Hall–Kier alpha value is -1.40. The van der Waals surface area contributed by atoms with Gasteiger partial charge in [0.25, 0.3) is 0 Å². The predicted molar refractivity (Wildman–Crippen MR) is 96.8 cm³/mol. The van der Waals surface area contributed by atoms with Crippen LogP contribution in [0.25, 0.3) is 0 Å². The zero-order valence-electron chi connectivity index (χ0n) is 13.5. The second-order valence-corrected chi connectivity index (χ2v) is 8.18. The van der Waals surface area contributed by atoms with Crippen LogP contribution in [0, 0.1) is 5.82 Å². The number of nitrogens with one attached hydrogen (secondary N) is 1. The number of benzene rings is 1. The maximum absolute atomic E-state index is 12.9. The number of carbonyl (C=O) groups is 1. The summed E-state index contributed by atoms with van der Waals surface area (Å²) in [6.07, 6.45) is 6.26. The first-order valence-corrected chi connectivity index (χ1v) is 10.2. The molecule has 3 nitrogen and oxygen atoms in total. The van der Waals surface area contributed by atoms with Gasteiger partial charge in [-0.05, 0) is 30.5 Å². The molecular formula is C18H21FN2OS2. The summed E-state index contributed by atoms with van der Waals surface area (Å²) in [5, 5.41) is 5.07. The zero-order valence-corrected chi connectivity index (χ0v) is 15.1. The zero-order chi connectivity index (χ0) is 16.8. The second kappa shape index (κ2) is 8.62. The number of hydrogen-bond donors (Lipinski definition) is 1. The van der Waals surface area contributed by atoms with E-state index in [4.69, 9.17) is 0 Å². The maximum atomic E-state index is 12.9. The van der Waals surface area contributed by atoms with Gasteiger partial charge in [0, 0.05) is 17.2 Å². The van der Waals surface area contributed by atoms with Crippen LogP contribution in [0.2, 0.25) is 0 Å². The quantitative estimate of drug-likeness (QED) is 0.764. The molecule has 128 valence electrons. The van der Waals surface area contributed by atoms with Gasteiger partial charge in [0.2, 0.25) is 5.91 Å². The lowest BCUT2D eigenvalue weighted by atomic mass is 9.95. The molecule has 3 rings (SSSR count). The van der Waals surface area contributed by atoms with Crippen molar-refractivity contribution in [2.24, 2.45) is 0 Å². The fourth-order valence-electron chi connectivity index (χ4n) is 2.85. The molecule has 1 aliphatic rings. The summed E-state index contributed by atoms with van der Waals surface area (Å²) in [4.78, 5) is 16.6. The van der Waals surface area contributed by atoms with Crippen molar-refractivity contribution in [1.82, 2.24) is 10.3 Å². The summed E-state index contributed by atoms with van der Waals surface area (Å²) in [6, 6.07) is 6.86. The molecule has 1 aliphatic carbocycles. The standard InChI is InChI=1S/C18H21FN2OS2/c19-14-8-6-13(7-9-14)11-23-18-21-16(12-24-18)10-17(22)20-15-4-2-1-3-5-15/h6-9,12,15H,1-5,10-11H2,(H,20,22). The number of amides is 1. The molecule has 2 aromatic rings. The van der Waals surface area contributed by atoms with Gasteiger partial charge in [-0.3, -0.25) is 4.79 Å². The highest BCUT2D eigenvalue weighted by molar-refractivity contribution is 8.00. The van der Waals surface area contributed by atoms with Crippen LogP contribution in [0.3, 0.4) is 0 Å². The van der Waals surface area contributed by atoms with E-state index in [9.17, 15) is 9.18 Å². The maximum Gasteiger partial charge on any atom is 0.226 e. The lowest BCUT2D eigenvalue weighted by Gasteiger charge is -2.22. The number of halogens is 1. The Morgan fingerprint density at radius 2 is 2.00 bits per heavy atom. The number of rotatable bonds is 6. The van der Waals surface area contributed by atoms with E-state index in [0.717, 1.165) is 34.2 Å². The smallest absolute Gasteiger partial charge is 0.226 e. The van der Waals surface area contributed by atoms with E-state index in [1.165, 1.54) is 31.4 Å². The highest BCUT2D eigenvalue weighted by Gasteiger charge is 2.16. The van der Waals surface area contributed by atoms with Crippen molar-refractivity contribution in [2.75, 3.05) is 0 Å². The highest BCUT2D eigenvalue weighted by Crippen LogP contribution is 2.26. The lowest BCUT2D eigenvalue weighted by Crippen LogP contribution is -2.37. The first kappa shape index (κ1) is 17.4. The normalized spacial score (nSPS) is 15.4. The van der Waals surface area contributed by atoms with E-state index in [0.29, 0.717) is 12.5 Å². The summed E-state index contributed by atoms with van der Waals surface area (Å²) in [7, 11) is 0. The van der Waals surface area contributed by atoms with Gasteiger partial charge in [0.1, 0.15) is 10.2 Å². The third-order valence-corrected chi connectivity index (χ3v) is 6.26.